The molecule has 1 unspecified atom stereocenters. The van der Waals surface area contributed by atoms with Gasteiger partial charge in [0.25, 0.3) is 0 Å². The van der Waals surface area contributed by atoms with Crippen LogP contribution in [0.4, 0.5) is 5.69 Å². The van der Waals surface area contributed by atoms with Gasteiger partial charge in [0, 0.05) is 0 Å². The van der Waals surface area contributed by atoms with Crippen molar-refractivity contribution in [1.29, 1.82) is 0 Å². The van der Waals surface area contributed by atoms with Gasteiger partial charge in [-0.3, -0.25) is 4.79 Å². The minimum Gasteiger partial charge on any atom is -0.492 e. The maximum atomic E-state index is 13.6. The van der Waals surface area contributed by atoms with E-state index in [4.69, 9.17) is 4.74 Å². The van der Waals surface area contributed by atoms with Crippen LogP contribution in [0.25, 0.3) is 16.7 Å². The Morgan fingerprint density at radius 1 is 0.971 bits per heavy atom. The van der Waals surface area contributed by atoms with Gasteiger partial charge in [-0.25, -0.2) is 14.6 Å². The van der Waals surface area contributed by atoms with Crippen molar-refractivity contribution in [2.75, 3.05) is 11.9 Å². The lowest BCUT2D eigenvalue weighted by atomic mass is 10.1. The van der Waals surface area contributed by atoms with Gasteiger partial charge < -0.3 is 10.1 Å². The van der Waals surface area contributed by atoms with E-state index in [0.717, 1.165) is 16.6 Å². The number of carbonyl (C=O) groups excluding carboxylic acids is 1. The second-order valence-corrected chi connectivity index (χ2v) is 8.73. The molecule has 5 rings (SSSR count). The average molecular weight is 482 g/mol. The molecule has 0 bridgehead atoms. The summed E-state index contributed by atoms with van der Waals surface area (Å²) in [6.45, 7) is 2.42. The van der Waals surface area contributed by atoms with Crippen molar-refractivity contribution in [2.24, 2.45) is 0 Å². The zero-order valence-corrected chi connectivity index (χ0v) is 19.9. The van der Waals surface area contributed by atoms with E-state index in [0.29, 0.717) is 28.7 Å². The molecule has 2 aromatic heterocycles. The summed E-state index contributed by atoms with van der Waals surface area (Å²) in [4.78, 5) is 22.6. The maximum Gasteiger partial charge on any atom is 0.242 e. The van der Waals surface area contributed by atoms with Gasteiger partial charge in [0.1, 0.15) is 22.4 Å². The minimum atomic E-state index is -0.552. The van der Waals surface area contributed by atoms with E-state index in [-0.39, 0.29) is 5.91 Å². The topological polar surface area (TPSA) is 81.9 Å². The van der Waals surface area contributed by atoms with E-state index in [2.05, 4.69) is 20.4 Å². The summed E-state index contributed by atoms with van der Waals surface area (Å²) < 4.78 is 7.47. The average Bonchev–Trinajstić information content (AvgIpc) is 3.34. The molecule has 3 aromatic carbocycles. The Labute approximate surface area is 207 Å². The number of carbonyl (C=O) groups is 1. The number of nitrogens with zero attached hydrogens (tertiary/aromatic N) is 4. The first kappa shape index (κ1) is 22.6. The molecule has 0 aliphatic rings. The van der Waals surface area contributed by atoms with Gasteiger partial charge >= 0.3 is 0 Å². The number of para-hydroxylation sites is 3. The van der Waals surface area contributed by atoms with Gasteiger partial charge in [-0.1, -0.05) is 72.4 Å². The van der Waals surface area contributed by atoms with Crippen LogP contribution in [0, 0.1) is 0 Å². The quantitative estimate of drug-likeness (QED) is 0.227. The van der Waals surface area contributed by atoms with E-state index in [1.54, 1.807) is 10.9 Å². The highest BCUT2D eigenvalue weighted by atomic mass is 32.2. The second-order valence-electron chi connectivity index (χ2n) is 7.64. The third-order valence-corrected chi connectivity index (χ3v) is 6.62. The molecule has 1 N–H and O–H groups in total. The van der Waals surface area contributed by atoms with Crippen molar-refractivity contribution in [3.05, 3.63) is 103 Å². The molecule has 0 saturated heterocycles. The monoisotopic (exact) mass is 481 g/mol. The second kappa shape index (κ2) is 10.4. The van der Waals surface area contributed by atoms with Crippen LogP contribution in [0.3, 0.4) is 0 Å². The normalized spacial score (nSPS) is 11.8. The van der Waals surface area contributed by atoms with Crippen LogP contribution >= 0.6 is 11.8 Å². The first-order valence-corrected chi connectivity index (χ1v) is 12.1. The lowest BCUT2D eigenvalue weighted by molar-refractivity contribution is -0.115. The molecule has 174 valence electrons. The van der Waals surface area contributed by atoms with Crippen LogP contribution in [-0.4, -0.2) is 32.3 Å². The number of ether oxygens (including phenoxy) is 1. The standard InChI is InChI=1S/C27H23N5O2S/c1-2-34-23-16-10-9-15-22(23)31-26(33)24(19-11-5-3-6-12-19)35-27-21-17-30-32(25(21)28-18-29-27)20-13-7-4-8-14-20/h3-18,24H,2H2,1H3,(H,31,33). The number of hydrogen-bond donors (Lipinski definition) is 1. The number of rotatable bonds is 8. The van der Waals surface area contributed by atoms with Crippen molar-refractivity contribution in [3.63, 3.8) is 0 Å². The number of hydrogen-bond acceptors (Lipinski definition) is 6. The zero-order chi connectivity index (χ0) is 24.0. The summed E-state index contributed by atoms with van der Waals surface area (Å²) in [5.41, 5.74) is 3.08. The summed E-state index contributed by atoms with van der Waals surface area (Å²) in [6.07, 6.45) is 3.26. The molecular weight excluding hydrogens is 458 g/mol. The molecule has 0 saturated carbocycles. The Bertz CT molecular complexity index is 1440. The Balaban J connectivity index is 1.50. The predicted octanol–water partition coefficient (Wildman–Crippen LogP) is 5.69. The minimum absolute atomic E-state index is 0.171. The van der Waals surface area contributed by atoms with Crippen molar-refractivity contribution in [1.82, 2.24) is 19.7 Å². The molecular formula is C27H23N5O2S. The van der Waals surface area contributed by atoms with Gasteiger partial charge in [0.2, 0.25) is 5.91 Å². The van der Waals surface area contributed by atoms with Gasteiger partial charge in [-0.2, -0.15) is 5.10 Å². The van der Waals surface area contributed by atoms with Gasteiger partial charge in [0.05, 0.1) is 29.6 Å². The number of fused-ring (bicyclic) bond motifs is 1. The van der Waals surface area contributed by atoms with Crippen LogP contribution < -0.4 is 10.1 Å². The number of anilines is 1. The lowest BCUT2D eigenvalue weighted by Gasteiger charge is -2.18. The Kier molecular flexibility index (Phi) is 6.72. The number of amides is 1. The fraction of sp³-hybridized carbons (Fsp3) is 0.111. The van der Waals surface area contributed by atoms with Crippen molar-refractivity contribution in [2.45, 2.75) is 17.2 Å². The fourth-order valence-electron chi connectivity index (χ4n) is 3.74. The molecule has 5 aromatic rings. The first-order valence-electron chi connectivity index (χ1n) is 11.2. The molecule has 0 radical (unpaired) electrons. The highest BCUT2D eigenvalue weighted by Gasteiger charge is 2.25. The third kappa shape index (κ3) is 4.88. The number of nitrogens with one attached hydrogen (secondary N) is 1. The van der Waals surface area contributed by atoms with Crippen LogP contribution in [-0.2, 0) is 4.79 Å². The summed E-state index contributed by atoms with van der Waals surface area (Å²) in [6, 6.07) is 26.9. The molecule has 1 atom stereocenters. The molecule has 35 heavy (non-hydrogen) atoms. The van der Waals surface area contributed by atoms with E-state index >= 15 is 0 Å². The van der Waals surface area contributed by atoms with Gasteiger partial charge in [-0.05, 0) is 36.8 Å². The molecule has 0 fully saturated rings. The first-order chi connectivity index (χ1) is 17.2. The van der Waals surface area contributed by atoms with E-state index in [1.807, 2.05) is 91.9 Å². The summed E-state index contributed by atoms with van der Waals surface area (Å²) in [7, 11) is 0. The van der Waals surface area contributed by atoms with Crippen molar-refractivity contribution in [3.8, 4) is 11.4 Å². The Morgan fingerprint density at radius 3 is 2.46 bits per heavy atom. The number of thioether (sulfide) groups is 1. The lowest BCUT2D eigenvalue weighted by Crippen LogP contribution is -2.19. The molecule has 0 aliphatic carbocycles. The SMILES string of the molecule is CCOc1ccccc1NC(=O)C(Sc1ncnc2c1cnn2-c1ccccc1)c1ccccc1. The van der Waals surface area contributed by atoms with Gasteiger partial charge in [-0.15, -0.1) is 0 Å². The van der Waals surface area contributed by atoms with Crippen molar-refractivity contribution < 1.29 is 9.53 Å². The van der Waals surface area contributed by atoms with Crippen LogP contribution in [0.5, 0.6) is 5.75 Å². The predicted molar refractivity (Wildman–Crippen MR) is 138 cm³/mol. The molecule has 8 heteroatoms. The highest BCUT2D eigenvalue weighted by molar-refractivity contribution is 8.00. The van der Waals surface area contributed by atoms with Gasteiger partial charge in [0.15, 0.2) is 5.65 Å². The molecule has 2 heterocycles. The highest BCUT2D eigenvalue weighted by Crippen LogP contribution is 2.39. The third-order valence-electron chi connectivity index (χ3n) is 5.34. The molecule has 1 amide bonds. The van der Waals surface area contributed by atoms with Crippen molar-refractivity contribution >= 4 is 34.4 Å². The van der Waals surface area contributed by atoms with E-state index in [1.165, 1.54) is 18.1 Å². The summed E-state index contributed by atoms with van der Waals surface area (Å²) in [5, 5.41) is 8.49. The Hall–Kier alpha value is -4.17. The largest absolute Gasteiger partial charge is 0.492 e. The van der Waals surface area contributed by atoms with Crippen LogP contribution in [0.1, 0.15) is 17.7 Å². The number of benzene rings is 3. The summed E-state index contributed by atoms with van der Waals surface area (Å²) >= 11 is 1.37. The summed E-state index contributed by atoms with van der Waals surface area (Å²) in [5.74, 6) is 0.462. The smallest absolute Gasteiger partial charge is 0.242 e. The fourth-order valence-corrected chi connectivity index (χ4v) is 4.80. The Morgan fingerprint density at radius 2 is 1.69 bits per heavy atom. The van der Waals surface area contributed by atoms with Crippen LogP contribution in [0.15, 0.2) is 102 Å². The maximum absolute atomic E-state index is 13.6. The molecule has 7 nitrogen and oxygen atoms in total. The molecule has 0 spiro atoms. The number of aromatic nitrogens is 4. The van der Waals surface area contributed by atoms with E-state index < -0.39 is 5.25 Å². The van der Waals surface area contributed by atoms with E-state index in [9.17, 15) is 4.79 Å². The molecule has 0 aliphatic heterocycles. The zero-order valence-electron chi connectivity index (χ0n) is 19.0. The van der Waals surface area contributed by atoms with Crippen LogP contribution in [0.2, 0.25) is 0 Å².